The van der Waals surface area contributed by atoms with E-state index in [0.717, 1.165) is 5.56 Å². The average Bonchev–Trinajstić information content (AvgIpc) is 2.57. The summed E-state index contributed by atoms with van der Waals surface area (Å²) in [7, 11) is 0.0444. The van der Waals surface area contributed by atoms with Crippen LogP contribution in [-0.2, 0) is 36.5 Å². The molecular formula is C17H24O5S. The van der Waals surface area contributed by atoms with E-state index in [1.54, 1.807) is 6.92 Å². The van der Waals surface area contributed by atoms with Gasteiger partial charge < -0.3 is 9.47 Å². The van der Waals surface area contributed by atoms with Crippen molar-refractivity contribution >= 4 is 22.7 Å². The SMILES string of the molecule is CC[C@H](CS(=O)C[C@@H](C)C(=O)OCc1ccccc1)C(=O)OC. The molecule has 3 atom stereocenters. The molecule has 5 nitrogen and oxygen atoms in total. The van der Waals surface area contributed by atoms with Crippen LogP contribution in [0.5, 0.6) is 0 Å². The molecule has 128 valence electrons. The largest absolute Gasteiger partial charge is 0.469 e. The van der Waals surface area contributed by atoms with Crippen molar-refractivity contribution in [1.29, 1.82) is 0 Å². The molecular weight excluding hydrogens is 316 g/mol. The van der Waals surface area contributed by atoms with Gasteiger partial charge in [0, 0.05) is 22.3 Å². The van der Waals surface area contributed by atoms with Gasteiger partial charge in [-0.15, -0.1) is 0 Å². The fourth-order valence-corrected chi connectivity index (χ4v) is 3.68. The first-order valence-electron chi connectivity index (χ1n) is 7.61. The number of rotatable bonds is 9. The third-order valence-corrected chi connectivity index (χ3v) is 5.12. The van der Waals surface area contributed by atoms with Crippen LogP contribution in [0.3, 0.4) is 0 Å². The van der Waals surface area contributed by atoms with E-state index < -0.39 is 22.6 Å². The fraction of sp³-hybridized carbons (Fsp3) is 0.529. The first-order valence-corrected chi connectivity index (χ1v) is 9.10. The van der Waals surface area contributed by atoms with E-state index in [9.17, 15) is 13.8 Å². The molecule has 1 aromatic rings. The number of carbonyl (C=O) groups excluding carboxylic acids is 2. The summed E-state index contributed by atoms with van der Waals surface area (Å²) < 4.78 is 22.0. The van der Waals surface area contributed by atoms with Gasteiger partial charge in [0.25, 0.3) is 0 Å². The smallest absolute Gasteiger partial charge is 0.309 e. The Balaban J connectivity index is 2.41. The van der Waals surface area contributed by atoms with Gasteiger partial charge in [-0.1, -0.05) is 44.2 Å². The zero-order valence-corrected chi connectivity index (χ0v) is 14.6. The second-order valence-corrected chi connectivity index (χ2v) is 6.94. The first kappa shape index (κ1) is 19.4. The standard InChI is InChI=1S/C17H24O5S/c1-4-15(17(19)21-3)12-23(20)11-13(2)16(18)22-10-14-8-6-5-7-9-14/h5-9,13,15H,4,10-12H2,1-3H3/t13-,15-,23?/m1/s1. The van der Waals surface area contributed by atoms with Gasteiger partial charge in [0.05, 0.1) is 18.9 Å². The van der Waals surface area contributed by atoms with Crippen molar-refractivity contribution in [2.24, 2.45) is 11.8 Å². The van der Waals surface area contributed by atoms with Crippen LogP contribution in [0.4, 0.5) is 0 Å². The van der Waals surface area contributed by atoms with Gasteiger partial charge in [-0.05, 0) is 12.0 Å². The summed E-state index contributed by atoms with van der Waals surface area (Å²) in [6.45, 7) is 3.73. The molecule has 0 N–H and O–H groups in total. The Kier molecular flexibility index (Phi) is 8.55. The van der Waals surface area contributed by atoms with Gasteiger partial charge in [0.1, 0.15) is 6.61 Å². The van der Waals surface area contributed by atoms with Crippen molar-refractivity contribution in [2.75, 3.05) is 18.6 Å². The Morgan fingerprint density at radius 2 is 1.78 bits per heavy atom. The van der Waals surface area contributed by atoms with Crippen molar-refractivity contribution in [3.05, 3.63) is 35.9 Å². The monoisotopic (exact) mass is 340 g/mol. The van der Waals surface area contributed by atoms with E-state index >= 15 is 0 Å². The van der Waals surface area contributed by atoms with Crippen molar-refractivity contribution in [3.8, 4) is 0 Å². The summed E-state index contributed by atoms with van der Waals surface area (Å²) >= 11 is 0. The third kappa shape index (κ3) is 6.95. The van der Waals surface area contributed by atoms with Crippen LogP contribution in [0.25, 0.3) is 0 Å². The van der Waals surface area contributed by atoms with E-state index in [1.807, 2.05) is 37.3 Å². The lowest BCUT2D eigenvalue weighted by molar-refractivity contribution is -0.148. The minimum Gasteiger partial charge on any atom is -0.469 e. The van der Waals surface area contributed by atoms with Crippen LogP contribution >= 0.6 is 0 Å². The number of carbonyl (C=O) groups is 2. The molecule has 0 saturated carbocycles. The molecule has 23 heavy (non-hydrogen) atoms. The molecule has 0 spiro atoms. The molecule has 0 heterocycles. The second-order valence-electron chi connectivity index (χ2n) is 5.40. The zero-order chi connectivity index (χ0) is 17.2. The summed E-state index contributed by atoms with van der Waals surface area (Å²) in [5, 5.41) is 0. The quantitative estimate of drug-likeness (QED) is 0.645. The lowest BCUT2D eigenvalue weighted by Crippen LogP contribution is -2.27. The maximum Gasteiger partial charge on any atom is 0.309 e. The molecule has 6 heteroatoms. The minimum atomic E-state index is -1.27. The van der Waals surface area contributed by atoms with Crippen LogP contribution in [0, 0.1) is 11.8 Å². The van der Waals surface area contributed by atoms with Crippen LogP contribution in [0.1, 0.15) is 25.8 Å². The number of esters is 2. The predicted molar refractivity (Wildman–Crippen MR) is 89.1 cm³/mol. The lowest BCUT2D eigenvalue weighted by atomic mass is 10.1. The van der Waals surface area contributed by atoms with Gasteiger partial charge in [-0.25, -0.2) is 0 Å². The molecule has 1 aromatic carbocycles. The van der Waals surface area contributed by atoms with E-state index in [4.69, 9.17) is 4.74 Å². The number of benzene rings is 1. The molecule has 0 fully saturated rings. The van der Waals surface area contributed by atoms with Gasteiger partial charge in [-0.3, -0.25) is 13.8 Å². The molecule has 0 aliphatic rings. The van der Waals surface area contributed by atoms with E-state index in [-0.39, 0.29) is 30.1 Å². The molecule has 1 unspecified atom stereocenters. The van der Waals surface area contributed by atoms with Gasteiger partial charge in [0.2, 0.25) is 0 Å². The normalized spacial score (nSPS) is 14.6. The van der Waals surface area contributed by atoms with Crippen LogP contribution < -0.4 is 0 Å². The molecule has 0 radical (unpaired) electrons. The molecule has 0 aliphatic heterocycles. The summed E-state index contributed by atoms with van der Waals surface area (Å²) in [4.78, 5) is 23.5. The highest BCUT2D eigenvalue weighted by Gasteiger charge is 2.23. The average molecular weight is 340 g/mol. The number of hydrogen-bond donors (Lipinski definition) is 0. The highest BCUT2D eigenvalue weighted by molar-refractivity contribution is 7.85. The summed E-state index contributed by atoms with van der Waals surface area (Å²) in [6, 6.07) is 9.39. The van der Waals surface area contributed by atoms with Crippen molar-refractivity contribution in [1.82, 2.24) is 0 Å². The van der Waals surface area contributed by atoms with Crippen molar-refractivity contribution in [3.63, 3.8) is 0 Å². The second kappa shape index (κ2) is 10.2. The number of ether oxygens (including phenoxy) is 2. The molecule has 0 aliphatic carbocycles. The van der Waals surface area contributed by atoms with E-state index in [1.165, 1.54) is 7.11 Å². The summed E-state index contributed by atoms with van der Waals surface area (Å²) in [5.41, 5.74) is 0.908. The van der Waals surface area contributed by atoms with E-state index in [2.05, 4.69) is 4.74 Å². The lowest BCUT2D eigenvalue weighted by Gasteiger charge is -2.14. The zero-order valence-electron chi connectivity index (χ0n) is 13.8. The Morgan fingerprint density at radius 3 is 2.35 bits per heavy atom. The maximum absolute atomic E-state index is 12.1. The van der Waals surface area contributed by atoms with Crippen LogP contribution in [0.2, 0.25) is 0 Å². The molecule has 0 bridgehead atoms. The Bertz CT molecular complexity index is 529. The van der Waals surface area contributed by atoms with Crippen LogP contribution in [-0.4, -0.2) is 34.8 Å². The Labute approximate surface area is 139 Å². The number of methoxy groups -OCH3 is 1. The molecule has 0 aromatic heterocycles. The highest BCUT2D eigenvalue weighted by Crippen LogP contribution is 2.11. The summed E-state index contributed by atoms with van der Waals surface area (Å²) in [6.07, 6.45) is 0.561. The van der Waals surface area contributed by atoms with Crippen LogP contribution in [0.15, 0.2) is 30.3 Å². The first-order chi connectivity index (χ1) is 11.0. The minimum absolute atomic E-state index is 0.182. The predicted octanol–water partition coefficient (Wildman–Crippen LogP) is 2.31. The Morgan fingerprint density at radius 1 is 1.13 bits per heavy atom. The fourth-order valence-electron chi connectivity index (χ4n) is 2.03. The molecule has 0 amide bonds. The highest BCUT2D eigenvalue weighted by atomic mass is 32.2. The molecule has 1 rings (SSSR count). The van der Waals surface area contributed by atoms with Gasteiger partial charge >= 0.3 is 11.9 Å². The van der Waals surface area contributed by atoms with Gasteiger partial charge in [0.15, 0.2) is 0 Å². The maximum atomic E-state index is 12.1. The topological polar surface area (TPSA) is 69.7 Å². The number of hydrogen-bond acceptors (Lipinski definition) is 5. The van der Waals surface area contributed by atoms with Crippen molar-refractivity contribution < 1.29 is 23.3 Å². The molecule has 0 saturated heterocycles. The third-order valence-electron chi connectivity index (χ3n) is 3.48. The Hall–Kier alpha value is -1.69. The van der Waals surface area contributed by atoms with Gasteiger partial charge in [-0.2, -0.15) is 0 Å². The summed E-state index contributed by atoms with van der Waals surface area (Å²) in [5.74, 6) is -1.22. The van der Waals surface area contributed by atoms with Crippen molar-refractivity contribution in [2.45, 2.75) is 26.9 Å². The van der Waals surface area contributed by atoms with E-state index in [0.29, 0.717) is 6.42 Å².